The van der Waals surface area contributed by atoms with Crippen molar-refractivity contribution in [1.82, 2.24) is 14.2 Å². The zero-order valence-electron chi connectivity index (χ0n) is 10.0. The van der Waals surface area contributed by atoms with E-state index in [9.17, 15) is 4.79 Å². The van der Waals surface area contributed by atoms with E-state index in [0.29, 0.717) is 20.1 Å². The molecule has 19 heavy (non-hydrogen) atoms. The summed E-state index contributed by atoms with van der Waals surface area (Å²) in [6.45, 7) is 1.69. The first-order valence-electron chi connectivity index (χ1n) is 5.55. The molecule has 1 aromatic carbocycles. The molecule has 0 fully saturated rings. The summed E-state index contributed by atoms with van der Waals surface area (Å²) in [4.78, 5) is 16.5. The van der Waals surface area contributed by atoms with Gasteiger partial charge in [-0.2, -0.15) is 0 Å². The zero-order chi connectivity index (χ0) is 13.6. The number of nitrogens with two attached hydrogens (primary N) is 1. The second-order valence-electron chi connectivity index (χ2n) is 4.03. The van der Waals surface area contributed by atoms with Crippen molar-refractivity contribution < 1.29 is 0 Å². The number of nitrogen functional groups attached to an aromatic ring is 1. The Bertz CT molecular complexity index is 876. The number of fused-ring (bicyclic) bond motifs is 1. The summed E-state index contributed by atoms with van der Waals surface area (Å²) in [5.41, 5.74) is 1.18. The number of para-hydroxylation sites is 1. The van der Waals surface area contributed by atoms with Crippen LogP contribution >= 0.6 is 23.6 Å². The van der Waals surface area contributed by atoms with Gasteiger partial charge in [0.05, 0.1) is 0 Å². The lowest BCUT2D eigenvalue weighted by molar-refractivity contribution is 0.845. The Hall–Kier alpha value is -1.99. The molecule has 3 aromatic rings. The molecule has 0 aliphatic heterocycles. The molecule has 0 atom stereocenters. The van der Waals surface area contributed by atoms with E-state index in [4.69, 9.17) is 18.1 Å². The lowest BCUT2D eigenvalue weighted by Crippen LogP contribution is -2.30. The lowest BCUT2D eigenvalue weighted by Gasteiger charge is -2.05. The maximum Gasteiger partial charge on any atom is 0.291 e. The molecular weight excluding hydrogens is 280 g/mol. The second-order valence-corrected chi connectivity index (χ2v) is 5.67. The summed E-state index contributed by atoms with van der Waals surface area (Å²) in [5, 5.41) is 0. The number of hydrogen-bond acceptors (Lipinski definition) is 5. The van der Waals surface area contributed by atoms with Crippen LogP contribution in [0.2, 0.25) is 0 Å². The third kappa shape index (κ3) is 1.78. The highest BCUT2D eigenvalue weighted by Crippen LogP contribution is 2.22. The van der Waals surface area contributed by atoms with Gasteiger partial charge in [0, 0.05) is 5.69 Å². The number of hydrogen-bond donors (Lipinski definition) is 1. The van der Waals surface area contributed by atoms with Gasteiger partial charge in [-0.3, -0.25) is 9.36 Å². The van der Waals surface area contributed by atoms with Crippen LogP contribution in [0.3, 0.4) is 0 Å². The van der Waals surface area contributed by atoms with Gasteiger partial charge in [-0.25, -0.2) is 9.66 Å². The highest BCUT2D eigenvalue weighted by atomic mass is 32.1. The zero-order valence-corrected chi connectivity index (χ0v) is 11.7. The summed E-state index contributed by atoms with van der Waals surface area (Å²) >= 11 is 6.56. The molecule has 0 aliphatic rings. The molecule has 2 heterocycles. The Labute approximate surface area is 117 Å². The fraction of sp³-hybridized carbons (Fsp3) is 0.0833. The van der Waals surface area contributed by atoms with Crippen molar-refractivity contribution in [3.05, 3.63) is 50.5 Å². The van der Waals surface area contributed by atoms with Gasteiger partial charge in [-0.1, -0.05) is 29.5 Å². The summed E-state index contributed by atoms with van der Waals surface area (Å²) < 4.78 is 3.89. The molecular formula is C12H10N4OS2. The van der Waals surface area contributed by atoms with Crippen molar-refractivity contribution in [1.29, 1.82) is 0 Å². The molecule has 0 radical (unpaired) electrons. The molecule has 0 bridgehead atoms. The van der Waals surface area contributed by atoms with Crippen LogP contribution in [-0.4, -0.2) is 14.2 Å². The number of rotatable bonds is 1. The summed E-state index contributed by atoms with van der Waals surface area (Å²) in [6, 6.07) is 9.60. The SMILES string of the molecule is Cc1nc2c(sc(=S)n2-c2ccccc2)c(=O)n1N. The Morgan fingerprint density at radius 2 is 2.00 bits per heavy atom. The topological polar surface area (TPSA) is 65.8 Å². The minimum absolute atomic E-state index is 0.270. The molecule has 2 aromatic heterocycles. The largest absolute Gasteiger partial charge is 0.335 e. The van der Waals surface area contributed by atoms with E-state index in [-0.39, 0.29) is 5.56 Å². The smallest absolute Gasteiger partial charge is 0.291 e. The Morgan fingerprint density at radius 1 is 1.32 bits per heavy atom. The molecule has 0 amide bonds. The second kappa shape index (κ2) is 4.29. The normalized spacial score (nSPS) is 11.0. The van der Waals surface area contributed by atoms with Crippen LogP contribution in [0.25, 0.3) is 16.0 Å². The minimum atomic E-state index is -0.270. The van der Waals surface area contributed by atoms with E-state index in [1.807, 2.05) is 30.3 Å². The monoisotopic (exact) mass is 290 g/mol. The first-order valence-corrected chi connectivity index (χ1v) is 6.78. The maximum atomic E-state index is 12.1. The van der Waals surface area contributed by atoms with Crippen molar-refractivity contribution in [3.8, 4) is 5.69 Å². The molecule has 0 saturated carbocycles. The number of aromatic nitrogens is 3. The predicted molar refractivity (Wildman–Crippen MR) is 78.9 cm³/mol. The molecule has 0 saturated heterocycles. The molecule has 3 rings (SSSR count). The quantitative estimate of drug-likeness (QED) is 0.550. The first kappa shape index (κ1) is 12.1. The minimum Gasteiger partial charge on any atom is -0.335 e. The average Bonchev–Trinajstić information content (AvgIpc) is 2.74. The number of nitrogens with zero attached hydrogens (tertiary/aromatic N) is 3. The van der Waals surface area contributed by atoms with Crippen LogP contribution < -0.4 is 11.4 Å². The van der Waals surface area contributed by atoms with E-state index < -0.39 is 0 Å². The summed E-state index contributed by atoms with van der Waals surface area (Å²) in [5.74, 6) is 6.10. The first-order chi connectivity index (χ1) is 9.09. The van der Waals surface area contributed by atoms with Gasteiger partial charge < -0.3 is 5.84 Å². The van der Waals surface area contributed by atoms with E-state index in [0.717, 1.165) is 10.4 Å². The fourth-order valence-corrected chi connectivity index (χ4v) is 3.19. The average molecular weight is 290 g/mol. The van der Waals surface area contributed by atoms with Gasteiger partial charge in [0.15, 0.2) is 9.60 Å². The van der Waals surface area contributed by atoms with Crippen molar-refractivity contribution in [2.24, 2.45) is 0 Å². The number of thiazole rings is 1. The highest BCUT2D eigenvalue weighted by Gasteiger charge is 2.14. The van der Waals surface area contributed by atoms with E-state index in [2.05, 4.69) is 4.98 Å². The standard InChI is InChI=1S/C12H10N4OS2/c1-7-14-10-9(11(17)16(7)13)19-12(18)15(10)8-5-3-2-4-6-8/h2-6H,13H2,1H3. The Morgan fingerprint density at radius 3 is 2.68 bits per heavy atom. The van der Waals surface area contributed by atoms with Crippen LogP contribution in [0.4, 0.5) is 0 Å². The summed E-state index contributed by atoms with van der Waals surface area (Å²) in [6.07, 6.45) is 0. The summed E-state index contributed by atoms with van der Waals surface area (Å²) in [7, 11) is 0. The van der Waals surface area contributed by atoms with Gasteiger partial charge in [0.2, 0.25) is 0 Å². The van der Waals surface area contributed by atoms with Crippen LogP contribution in [0, 0.1) is 10.9 Å². The van der Waals surface area contributed by atoms with Crippen molar-refractivity contribution in [2.45, 2.75) is 6.92 Å². The Balaban J connectivity index is 2.48. The third-order valence-corrected chi connectivity index (χ3v) is 4.18. The van der Waals surface area contributed by atoms with Crippen LogP contribution in [0.1, 0.15) is 5.82 Å². The predicted octanol–water partition coefficient (Wildman–Crippen LogP) is 2.00. The third-order valence-electron chi connectivity index (χ3n) is 2.83. The Kier molecular flexibility index (Phi) is 2.72. The number of aryl methyl sites for hydroxylation is 1. The van der Waals surface area contributed by atoms with Crippen molar-refractivity contribution in [2.75, 3.05) is 5.84 Å². The molecule has 0 unspecified atom stereocenters. The fourth-order valence-electron chi connectivity index (χ4n) is 1.87. The van der Waals surface area contributed by atoms with Crippen LogP contribution in [-0.2, 0) is 0 Å². The maximum absolute atomic E-state index is 12.1. The molecule has 5 nitrogen and oxygen atoms in total. The highest BCUT2D eigenvalue weighted by molar-refractivity contribution is 7.73. The van der Waals surface area contributed by atoms with Gasteiger partial charge in [0.25, 0.3) is 5.56 Å². The van der Waals surface area contributed by atoms with E-state index in [1.54, 1.807) is 11.5 Å². The molecule has 2 N–H and O–H groups in total. The van der Waals surface area contributed by atoms with Gasteiger partial charge >= 0.3 is 0 Å². The van der Waals surface area contributed by atoms with Crippen LogP contribution in [0.15, 0.2) is 35.1 Å². The van der Waals surface area contributed by atoms with Gasteiger partial charge in [-0.15, -0.1) is 0 Å². The van der Waals surface area contributed by atoms with E-state index >= 15 is 0 Å². The van der Waals surface area contributed by atoms with Crippen LogP contribution in [0.5, 0.6) is 0 Å². The number of benzene rings is 1. The van der Waals surface area contributed by atoms with Crippen molar-refractivity contribution >= 4 is 33.9 Å². The molecule has 7 heteroatoms. The molecule has 0 aliphatic carbocycles. The van der Waals surface area contributed by atoms with E-state index in [1.165, 1.54) is 11.3 Å². The molecule has 0 spiro atoms. The van der Waals surface area contributed by atoms with Gasteiger partial charge in [-0.05, 0) is 31.3 Å². The molecule has 96 valence electrons. The van der Waals surface area contributed by atoms with Gasteiger partial charge in [0.1, 0.15) is 10.5 Å². The lowest BCUT2D eigenvalue weighted by atomic mass is 10.3. The van der Waals surface area contributed by atoms with Crippen molar-refractivity contribution in [3.63, 3.8) is 0 Å².